The van der Waals surface area contributed by atoms with E-state index in [1.165, 1.54) is 0 Å². The molecule has 0 spiro atoms. The maximum atomic E-state index is 6.03. The lowest BCUT2D eigenvalue weighted by atomic mass is 10.2. The standard InChI is InChI=1S/C11H12Cl2N2O/c12-10-2-1-9(11(13)7-10)8-14-15-3-5-16-6-4-15/h1-2,7-8H,3-6H2/b14-8-. The number of benzene rings is 1. The largest absolute Gasteiger partial charge is 0.378 e. The number of hydrazone groups is 1. The van der Waals surface area contributed by atoms with Gasteiger partial charge in [0.1, 0.15) is 0 Å². The predicted molar refractivity (Wildman–Crippen MR) is 66.4 cm³/mol. The van der Waals surface area contributed by atoms with Gasteiger partial charge in [0.05, 0.1) is 37.5 Å². The first kappa shape index (κ1) is 11.7. The van der Waals surface area contributed by atoms with Crippen molar-refractivity contribution in [3.05, 3.63) is 33.8 Å². The maximum absolute atomic E-state index is 6.03. The zero-order chi connectivity index (χ0) is 11.4. The van der Waals surface area contributed by atoms with Crippen LogP contribution in [0.3, 0.4) is 0 Å². The Hall–Kier alpha value is -0.770. The van der Waals surface area contributed by atoms with Crippen LogP contribution in [0.5, 0.6) is 0 Å². The third-order valence-electron chi connectivity index (χ3n) is 2.31. The van der Waals surface area contributed by atoms with Crippen molar-refractivity contribution in [3.8, 4) is 0 Å². The molecule has 0 radical (unpaired) electrons. The molecule has 0 bridgehead atoms. The Labute approximate surface area is 105 Å². The Morgan fingerprint density at radius 3 is 2.69 bits per heavy atom. The summed E-state index contributed by atoms with van der Waals surface area (Å²) in [7, 11) is 0. The summed E-state index contributed by atoms with van der Waals surface area (Å²) >= 11 is 11.8. The summed E-state index contributed by atoms with van der Waals surface area (Å²) in [6.45, 7) is 3.10. The van der Waals surface area contributed by atoms with E-state index >= 15 is 0 Å². The summed E-state index contributed by atoms with van der Waals surface area (Å²) in [5, 5.41) is 7.56. The lowest BCUT2D eigenvalue weighted by Gasteiger charge is -2.23. The Balaban J connectivity index is 2.04. The van der Waals surface area contributed by atoms with E-state index in [-0.39, 0.29) is 0 Å². The van der Waals surface area contributed by atoms with E-state index in [1.54, 1.807) is 18.3 Å². The number of nitrogens with zero attached hydrogens (tertiary/aromatic N) is 2. The van der Waals surface area contributed by atoms with Crippen LogP contribution >= 0.6 is 23.2 Å². The molecule has 0 amide bonds. The highest BCUT2D eigenvalue weighted by molar-refractivity contribution is 6.36. The molecule has 1 aromatic rings. The Kier molecular flexibility index (Phi) is 4.04. The molecule has 1 heterocycles. The number of hydrogen-bond acceptors (Lipinski definition) is 3. The minimum atomic E-state index is 0.615. The van der Waals surface area contributed by atoms with Gasteiger partial charge in [-0.15, -0.1) is 0 Å². The molecule has 2 rings (SSSR count). The first-order valence-electron chi connectivity index (χ1n) is 5.07. The zero-order valence-corrected chi connectivity index (χ0v) is 10.2. The lowest BCUT2D eigenvalue weighted by Crippen LogP contribution is -2.32. The predicted octanol–water partition coefficient (Wildman–Crippen LogP) is 2.66. The molecule has 5 heteroatoms. The van der Waals surface area contributed by atoms with Gasteiger partial charge in [0, 0.05) is 10.6 Å². The van der Waals surface area contributed by atoms with Crippen molar-refractivity contribution in [2.24, 2.45) is 5.10 Å². The number of ether oxygens (including phenoxy) is 1. The second-order valence-electron chi connectivity index (χ2n) is 3.48. The van der Waals surface area contributed by atoms with Crippen molar-refractivity contribution in [1.82, 2.24) is 5.01 Å². The first-order valence-corrected chi connectivity index (χ1v) is 5.83. The molecular formula is C11H12Cl2N2O. The molecule has 0 saturated carbocycles. The van der Waals surface area contributed by atoms with Gasteiger partial charge >= 0.3 is 0 Å². The first-order chi connectivity index (χ1) is 7.75. The molecule has 0 N–H and O–H groups in total. The minimum absolute atomic E-state index is 0.615. The SMILES string of the molecule is Clc1ccc(/C=N\N2CCOCC2)c(Cl)c1. The van der Waals surface area contributed by atoms with Crippen molar-refractivity contribution in [3.63, 3.8) is 0 Å². The molecular weight excluding hydrogens is 247 g/mol. The topological polar surface area (TPSA) is 24.8 Å². The molecule has 3 nitrogen and oxygen atoms in total. The average Bonchev–Trinajstić information content (AvgIpc) is 2.29. The van der Waals surface area contributed by atoms with E-state index in [2.05, 4.69) is 5.10 Å². The van der Waals surface area contributed by atoms with Crippen molar-refractivity contribution in [2.75, 3.05) is 26.3 Å². The fourth-order valence-electron chi connectivity index (χ4n) is 1.42. The molecule has 0 atom stereocenters. The van der Waals surface area contributed by atoms with Crippen molar-refractivity contribution < 1.29 is 4.74 Å². The van der Waals surface area contributed by atoms with Crippen molar-refractivity contribution in [2.45, 2.75) is 0 Å². The zero-order valence-electron chi connectivity index (χ0n) is 8.70. The van der Waals surface area contributed by atoms with Gasteiger partial charge in [-0.05, 0) is 12.1 Å². The van der Waals surface area contributed by atoms with Crippen LogP contribution in [0, 0.1) is 0 Å². The van der Waals surface area contributed by atoms with Crippen LogP contribution in [-0.2, 0) is 4.74 Å². The lowest BCUT2D eigenvalue weighted by molar-refractivity contribution is 0.0397. The van der Waals surface area contributed by atoms with Crippen LogP contribution in [0.1, 0.15) is 5.56 Å². The molecule has 1 aliphatic rings. The monoisotopic (exact) mass is 258 g/mol. The van der Waals surface area contributed by atoms with E-state index in [0.29, 0.717) is 10.0 Å². The molecule has 0 unspecified atom stereocenters. The highest BCUT2D eigenvalue weighted by Gasteiger charge is 2.06. The highest BCUT2D eigenvalue weighted by Crippen LogP contribution is 2.19. The highest BCUT2D eigenvalue weighted by atomic mass is 35.5. The second-order valence-corrected chi connectivity index (χ2v) is 4.32. The van der Waals surface area contributed by atoms with Crippen molar-refractivity contribution in [1.29, 1.82) is 0 Å². The third-order valence-corrected chi connectivity index (χ3v) is 2.87. The molecule has 86 valence electrons. The molecule has 1 saturated heterocycles. The molecule has 16 heavy (non-hydrogen) atoms. The van der Waals surface area contributed by atoms with Gasteiger partial charge in [-0.1, -0.05) is 29.3 Å². The van der Waals surface area contributed by atoms with E-state index in [1.807, 2.05) is 11.1 Å². The number of rotatable bonds is 2. The summed E-state index contributed by atoms with van der Waals surface area (Å²) in [6.07, 6.45) is 1.75. The third kappa shape index (κ3) is 3.11. The second kappa shape index (κ2) is 5.53. The Morgan fingerprint density at radius 2 is 2.00 bits per heavy atom. The van der Waals surface area contributed by atoms with Crippen LogP contribution in [0.15, 0.2) is 23.3 Å². The summed E-state index contributed by atoms with van der Waals surface area (Å²) in [4.78, 5) is 0. The van der Waals surface area contributed by atoms with Crippen LogP contribution in [-0.4, -0.2) is 37.5 Å². The number of morpholine rings is 1. The quantitative estimate of drug-likeness (QED) is 0.763. The average molecular weight is 259 g/mol. The van der Waals surface area contributed by atoms with Crippen LogP contribution < -0.4 is 0 Å². The fourth-order valence-corrected chi connectivity index (χ4v) is 1.88. The number of hydrogen-bond donors (Lipinski definition) is 0. The summed E-state index contributed by atoms with van der Waals surface area (Å²) in [6, 6.07) is 5.37. The Bertz CT molecular complexity index is 390. The maximum Gasteiger partial charge on any atom is 0.0659 e. The van der Waals surface area contributed by atoms with Crippen LogP contribution in [0.4, 0.5) is 0 Å². The molecule has 1 aromatic carbocycles. The van der Waals surface area contributed by atoms with Gasteiger partial charge in [0.15, 0.2) is 0 Å². The van der Waals surface area contributed by atoms with E-state index in [9.17, 15) is 0 Å². The van der Waals surface area contributed by atoms with Gasteiger partial charge in [-0.2, -0.15) is 5.10 Å². The summed E-state index contributed by atoms with van der Waals surface area (Å²) < 4.78 is 5.23. The molecule has 1 aliphatic heterocycles. The smallest absolute Gasteiger partial charge is 0.0659 e. The summed E-state index contributed by atoms with van der Waals surface area (Å²) in [5.74, 6) is 0. The van der Waals surface area contributed by atoms with Crippen LogP contribution in [0.2, 0.25) is 10.0 Å². The van der Waals surface area contributed by atoms with Crippen LogP contribution in [0.25, 0.3) is 0 Å². The van der Waals surface area contributed by atoms with Crippen molar-refractivity contribution >= 4 is 29.4 Å². The Morgan fingerprint density at radius 1 is 1.25 bits per heavy atom. The molecule has 1 fully saturated rings. The van der Waals surface area contributed by atoms with E-state index < -0.39 is 0 Å². The van der Waals surface area contributed by atoms with E-state index in [0.717, 1.165) is 31.9 Å². The van der Waals surface area contributed by atoms with Gasteiger partial charge in [0.25, 0.3) is 0 Å². The fraction of sp³-hybridized carbons (Fsp3) is 0.364. The van der Waals surface area contributed by atoms with Gasteiger partial charge in [-0.25, -0.2) is 0 Å². The normalized spacial score (nSPS) is 17.0. The minimum Gasteiger partial charge on any atom is -0.378 e. The molecule has 0 aliphatic carbocycles. The van der Waals surface area contributed by atoms with Gasteiger partial charge < -0.3 is 4.74 Å². The number of halogens is 2. The summed E-state index contributed by atoms with van der Waals surface area (Å²) in [5.41, 5.74) is 0.873. The van der Waals surface area contributed by atoms with Gasteiger partial charge in [0.2, 0.25) is 0 Å². The molecule has 0 aromatic heterocycles. The van der Waals surface area contributed by atoms with Gasteiger partial charge in [-0.3, -0.25) is 5.01 Å². The van der Waals surface area contributed by atoms with E-state index in [4.69, 9.17) is 27.9 Å².